The second kappa shape index (κ2) is 7.25. The van der Waals surface area contributed by atoms with Crippen LogP contribution in [-0.4, -0.2) is 10.1 Å². The van der Waals surface area contributed by atoms with E-state index in [1.54, 1.807) is 30.8 Å². The molecule has 0 radical (unpaired) electrons. The number of rotatable bonds is 4. The quantitative estimate of drug-likeness (QED) is 0.426. The number of aliphatic hydroxyl groups is 1. The number of thiophene rings is 1. The Morgan fingerprint density at radius 2 is 1.85 bits per heavy atom. The largest absolute Gasteiger partial charge is 0.463 e. The summed E-state index contributed by atoms with van der Waals surface area (Å²) in [5, 5.41) is 11.6. The fourth-order valence-electron chi connectivity index (χ4n) is 2.85. The molecule has 0 aliphatic heterocycles. The first kappa shape index (κ1) is 17.3. The number of benzene rings is 1. The summed E-state index contributed by atoms with van der Waals surface area (Å²) in [5.74, 6) is 0.534. The maximum absolute atomic E-state index is 11.1. The van der Waals surface area contributed by atoms with Crippen molar-refractivity contribution in [1.29, 1.82) is 0 Å². The summed E-state index contributed by atoms with van der Waals surface area (Å²) in [4.78, 5) is 5.02. The lowest BCUT2D eigenvalue weighted by molar-refractivity contribution is 0.220. The Morgan fingerprint density at radius 3 is 2.54 bits per heavy atom. The SMILES string of the molecule is OC(c1cccnc1)c1c(-c2ccc(Cl)s2)coc1-c1ccccc1Cl. The van der Waals surface area contributed by atoms with E-state index in [0.717, 1.165) is 16.0 Å². The zero-order valence-electron chi connectivity index (χ0n) is 13.4. The molecule has 1 N–H and O–H groups in total. The van der Waals surface area contributed by atoms with Gasteiger partial charge >= 0.3 is 0 Å². The van der Waals surface area contributed by atoms with Crippen LogP contribution in [0.15, 0.2) is 71.6 Å². The van der Waals surface area contributed by atoms with E-state index in [0.29, 0.717) is 26.2 Å². The molecule has 0 spiro atoms. The molecule has 4 rings (SSSR count). The van der Waals surface area contributed by atoms with Gasteiger partial charge in [-0.15, -0.1) is 11.3 Å². The van der Waals surface area contributed by atoms with Crippen LogP contribution in [0.1, 0.15) is 17.2 Å². The average Bonchev–Trinajstić information content (AvgIpc) is 3.28. The Morgan fingerprint density at radius 1 is 1.00 bits per heavy atom. The first-order valence-electron chi connectivity index (χ1n) is 7.85. The van der Waals surface area contributed by atoms with E-state index in [2.05, 4.69) is 4.98 Å². The monoisotopic (exact) mass is 401 g/mol. The number of hydrogen-bond donors (Lipinski definition) is 1. The predicted molar refractivity (Wildman–Crippen MR) is 106 cm³/mol. The minimum atomic E-state index is -0.912. The van der Waals surface area contributed by atoms with E-state index in [1.165, 1.54) is 11.3 Å². The Balaban J connectivity index is 1.93. The van der Waals surface area contributed by atoms with Crippen LogP contribution in [0.3, 0.4) is 0 Å². The molecule has 0 aliphatic carbocycles. The van der Waals surface area contributed by atoms with Crippen molar-refractivity contribution in [2.45, 2.75) is 6.10 Å². The number of halogens is 2. The number of hydrogen-bond acceptors (Lipinski definition) is 4. The van der Waals surface area contributed by atoms with Gasteiger partial charge in [0.25, 0.3) is 0 Å². The Hall–Kier alpha value is -2.11. The maximum Gasteiger partial charge on any atom is 0.142 e. The molecule has 0 bridgehead atoms. The van der Waals surface area contributed by atoms with Gasteiger partial charge in [-0.25, -0.2) is 0 Å². The van der Waals surface area contributed by atoms with Gasteiger partial charge in [0.15, 0.2) is 0 Å². The summed E-state index contributed by atoms with van der Waals surface area (Å²) in [7, 11) is 0. The van der Waals surface area contributed by atoms with Crippen LogP contribution in [-0.2, 0) is 0 Å². The second-order valence-electron chi connectivity index (χ2n) is 5.66. The molecule has 26 heavy (non-hydrogen) atoms. The van der Waals surface area contributed by atoms with E-state index in [4.69, 9.17) is 27.6 Å². The minimum Gasteiger partial charge on any atom is -0.463 e. The molecule has 0 saturated heterocycles. The molecule has 1 atom stereocenters. The van der Waals surface area contributed by atoms with E-state index in [1.807, 2.05) is 36.4 Å². The summed E-state index contributed by atoms with van der Waals surface area (Å²) in [5.41, 5.74) is 2.82. The van der Waals surface area contributed by atoms with Gasteiger partial charge in [0, 0.05) is 39.5 Å². The van der Waals surface area contributed by atoms with Crippen molar-refractivity contribution in [3.63, 3.8) is 0 Å². The molecule has 0 saturated carbocycles. The molecule has 3 nitrogen and oxygen atoms in total. The summed E-state index contributed by atoms with van der Waals surface area (Å²) < 4.78 is 6.54. The Kier molecular flexibility index (Phi) is 4.83. The highest BCUT2D eigenvalue weighted by Gasteiger charge is 2.26. The third-order valence-electron chi connectivity index (χ3n) is 4.06. The number of nitrogens with zero attached hydrogens (tertiary/aromatic N) is 1. The Labute approximate surface area is 164 Å². The molecule has 0 aliphatic rings. The molecule has 4 aromatic rings. The third kappa shape index (κ3) is 3.17. The number of furan rings is 1. The van der Waals surface area contributed by atoms with Crippen molar-refractivity contribution in [3.05, 3.63) is 87.7 Å². The van der Waals surface area contributed by atoms with Crippen LogP contribution in [0, 0.1) is 0 Å². The molecule has 0 amide bonds. The zero-order chi connectivity index (χ0) is 18.1. The topological polar surface area (TPSA) is 46.3 Å². The summed E-state index contributed by atoms with van der Waals surface area (Å²) in [6, 6.07) is 14.7. The average molecular weight is 402 g/mol. The number of aromatic nitrogens is 1. The van der Waals surface area contributed by atoms with Gasteiger partial charge in [0.2, 0.25) is 0 Å². The normalized spacial score (nSPS) is 12.3. The van der Waals surface area contributed by atoms with Gasteiger partial charge in [-0.3, -0.25) is 4.98 Å². The molecule has 3 heterocycles. The highest BCUT2D eigenvalue weighted by Crippen LogP contribution is 2.44. The second-order valence-corrected chi connectivity index (χ2v) is 7.79. The lowest BCUT2D eigenvalue weighted by Crippen LogP contribution is -2.02. The van der Waals surface area contributed by atoms with Crippen LogP contribution in [0.2, 0.25) is 9.36 Å². The van der Waals surface area contributed by atoms with Gasteiger partial charge < -0.3 is 9.52 Å². The van der Waals surface area contributed by atoms with E-state index >= 15 is 0 Å². The smallest absolute Gasteiger partial charge is 0.142 e. The van der Waals surface area contributed by atoms with Crippen molar-refractivity contribution >= 4 is 34.5 Å². The summed E-state index contributed by atoms with van der Waals surface area (Å²) >= 11 is 13.9. The fraction of sp³-hybridized carbons (Fsp3) is 0.0500. The molecule has 0 fully saturated rings. The number of pyridine rings is 1. The highest BCUT2D eigenvalue weighted by atomic mass is 35.5. The van der Waals surface area contributed by atoms with Crippen molar-refractivity contribution in [2.75, 3.05) is 0 Å². The van der Waals surface area contributed by atoms with Gasteiger partial charge in [-0.1, -0.05) is 41.4 Å². The molecule has 3 aromatic heterocycles. The van der Waals surface area contributed by atoms with Crippen LogP contribution in [0.4, 0.5) is 0 Å². The molecule has 1 unspecified atom stereocenters. The number of aliphatic hydroxyl groups excluding tert-OH is 1. The zero-order valence-corrected chi connectivity index (χ0v) is 15.7. The highest BCUT2D eigenvalue weighted by molar-refractivity contribution is 7.19. The van der Waals surface area contributed by atoms with Crippen molar-refractivity contribution < 1.29 is 9.52 Å². The summed E-state index contributed by atoms with van der Waals surface area (Å²) in [6.07, 6.45) is 4.03. The van der Waals surface area contributed by atoms with Crippen molar-refractivity contribution in [3.8, 4) is 21.8 Å². The van der Waals surface area contributed by atoms with Crippen LogP contribution in [0.5, 0.6) is 0 Å². The first-order chi connectivity index (χ1) is 12.6. The maximum atomic E-state index is 11.1. The lowest BCUT2D eigenvalue weighted by atomic mass is 9.96. The van der Waals surface area contributed by atoms with Gasteiger partial charge in [0.05, 0.1) is 9.36 Å². The molecule has 1 aromatic carbocycles. The van der Waals surface area contributed by atoms with Crippen molar-refractivity contribution in [1.82, 2.24) is 4.98 Å². The third-order valence-corrected chi connectivity index (χ3v) is 5.65. The minimum absolute atomic E-state index is 0.534. The molecule has 130 valence electrons. The van der Waals surface area contributed by atoms with Gasteiger partial charge in [-0.2, -0.15) is 0 Å². The van der Waals surface area contributed by atoms with E-state index in [-0.39, 0.29) is 0 Å². The standard InChI is InChI=1S/C20H13Cl2NO2S/c21-15-6-2-1-5-13(15)20-18(19(24)12-4-3-9-23-10-12)14(11-25-20)16-7-8-17(22)26-16/h1-11,19,24H. The molecular formula is C20H13Cl2NO2S. The van der Waals surface area contributed by atoms with Crippen molar-refractivity contribution in [2.24, 2.45) is 0 Å². The first-order valence-corrected chi connectivity index (χ1v) is 9.42. The van der Waals surface area contributed by atoms with Gasteiger partial charge in [-0.05, 0) is 30.3 Å². The lowest BCUT2D eigenvalue weighted by Gasteiger charge is -2.14. The Bertz CT molecular complexity index is 1040. The van der Waals surface area contributed by atoms with Crippen LogP contribution in [0.25, 0.3) is 21.8 Å². The van der Waals surface area contributed by atoms with E-state index < -0.39 is 6.10 Å². The fourth-order valence-corrected chi connectivity index (χ4v) is 4.13. The molecular weight excluding hydrogens is 389 g/mol. The summed E-state index contributed by atoms with van der Waals surface area (Å²) in [6.45, 7) is 0. The predicted octanol–water partition coefficient (Wildman–Crippen LogP) is 6.46. The van der Waals surface area contributed by atoms with Crippen LogP contribution >= 0.6 is 34.5 Å². The van der Waals surface area contributed by atoms with Gasteiger partial charge in [0.1, 0.15) is 18.1 Å². The molecule has 6 heteroatoms. The van der Waals surface area contributed by atoms with E-state index in [9.17, 15) is 5.11 Å². The van der Waals surface area contributed by atoms with Crippen LogP contribution < -0.4 is 0 Å².